The van der Waals surface area contributed by atoms with Crippen molar-refractivity contribution in [1.82, 2.24) is 14.7 Å². The summed E-state index contributed by atoms with van der Waals surface area (Å²) in [4.78, 5) is 36.6. The van der Waals surface area contributed by atoms with Gasteiger partial charge in [0.05, 0.1) is 19.1 Å². The largest absolute Gasteiger partial charge is 0.477 e. The van der Waals surface area contributed by atoms with E-state index in [1.165, 1.54) is 16.9 Å². The van der Waals surface area contributed by atoms with Crippen LogP contribution in [-0.4, -0.2) is 57.3 Å². The van der Waals surface area contributed by atoms with Crippen LogP contribution in [0.15, 0.2) is 12.3 Å². The van der Waals surface area contributed by atoms with Crippen molar-refractivity contribution in [3.05, 3.63) is 18.0 Å². The smallest absolute Gasteiger partial charge is 0.354 e. The molecule has 1 aromatic heterocycles. The van der Waals surface area contributed by atoms with Crippen LogP contribution in [0.1, 0.15) is 36.7 Å². The summed E-state index contributed by atoms with van der Waals surface area (Å²) in [5.41, 5.74) is 0.0684. The molecule has 2 heterocycles. The molecule has 1 saturated heterocycles. The molecule has 0 atom stereocenters. The minimum Gasteiger partial charge on any atom is -0.477 e. The van der Waals surface area contributed by atoms with E-state index in [4.69, 9.17) is 9.84 Å². The second-order valence-corrected chi connectivity index (χ2v) is 5.40. The molecule has 8 heteroatoms. The Morgan fingerprint density at radius 3 is 2.65 bits per heavy atom. The van der Waals surface area contributed by atoms with Crippen molar-refractivity contribution < 1.29 is 24.2 Å². The molecule has 0 bridgehead atoms. The number of hydrogen-bond acceptors (Lipinski definition) is 5. The fraction of sp³-hybridized carbons (Fsp3) is 0.600. The summed E-state index contributed by atoms with van der Waals surface area (Å²) < 4.78 is 6.31. The lowest BCUT2D eigenvalue weighted by atomic mass is 9.97. The van der Waals surface area contributed by atoms with Crippen molar-refractivity contribution in [3.8, 4) is 0 Å². The first-order valence-electron chi connectivity index (χ1n) is 7.72. The minimum absolute atomic E-state index is 0.0563. The Hall–Kier alpha value is -2.38. The number of aromatic carboxylic acids is 1. The molecule has 8 nitrogen and oxygen atoms in total. The SMILES string of the molecule is CCOC(=O)C1CCN(C(=O)CCn2nccc2C(=O)O)CC1. The van der Waals surface area contributed by atoms with Crippen LogP contribution in [-0.2, 0) is 20.9 Å². The van der Waals surface area contributed by atoms with Gasteiger partial charge in [0.1, 0.15) is 5.69 Å². The Morgan fingerprint density at radius 2 is 2.04 bits per heavy atom. The zero-order chi connectivity index (χ0) is 16.8. The van der Waals surface area contributed by atoms with Gasteiger partial charge in [0, 0.05) is 25.7 Å². The predicted molar refractivity (Wildman–Crippen MR) is 79.7 cm³/mol. The highest BCUT2D eigenvalue weighted by molar-refractivity contribution is 5.85. The van der Waals surface area contributed by atoms with E-state index < -0.39 is 5.97 Å². The highest BCUT2D eigenvalue weighted by Gasteiger charge is 2.28. The fourth-order valence-electron chi connectivity index (χ4n) is 2.68. The van der Waals surface area contributed by atoms with Crippen molar-refractivity contribution in [2.45, 2.75) is 32.7 Å². The number of carbonyl (C=O) groups excluding carboxylic acids is 2. The van der Waals surface area contributed by atoms with Gasteiger partial charge in [-0.1, -0.05) is 0 Å². The Kier molecular flexibility index (Phi) is 5.72. The number of aryl methyl sites for hydroxylation is 1. The number of carbonyl (C=O) groups is 3. The number of carboxylic acid groups (broad SMARTS) is 1. The van der Waals surface area contributed by atoms with Crippen molar-refractivity contribution in [1.29, 1.82) is 0 Å². The number of aromatic nitrogens is 2. The summed E-state index contributed by atoms with van der Waals surface area (Å²) in [7, 11) is 0. The van der Waals surface area contributed by atoms with Gasteiger partial charge in [0.15, 0.2) is 0 Å². The average molecular weight is 323 g/mol. The zero-order valence-corrected chi connectivity index (χ0v) is 13.1. The molecule has 2 rings (SSSR count). The van der Waals surface area contributed by atoms with Gasteiger partial charge >= 0.3 is 11.9 Å². The van der Waals surface area contributed by atoms with Crippen molar-refractivity contribution in [2.24, 2.45) is 5.92 Å². The molecule has 0 unspecified atom stereocenters. The van der Waals surface area contributed by atoms with Crippen LogP contribution in [0, 0.1) is 5.92 Å². The van der Waals surface area contributed by atoms with Gasteiger partial charge < -0.3 is 14.7 Å². The standard InChI is InChI=1S/C15H21N3O5/c1-2-23-15(22)11-4-8-17(9-5-11)13(19)6-10-18-12(14(20)21)3-7-16-18/h3,7,11H,2,4-6,8-10H2,1H3,(H,20,21). The molecule has 126 valence electrons. The number of likely N-dealkylation sites (tertiary alicyclic amines) is 1. The van der Waals surface area contributed by atoms with Gasteiger partial charge in [-0.05, 0) is 25.8 Å². The monoisotopic (exact) mass is 323 g/mol. The van der Waals surface area contributed by atoms with E-state index in [0.717, 1.165) is 0 Å². The van der Waals surface area contributed by atoms with Crippen LogP contribution >= 0.6 is 0 Å². The first kappa shape index (κ1) is 17.0. The lowest BCUT2D eigenvalue weighted by Crippen LogP contribution is -2.41. The quantitative estimate of drug-likeness (QED) is 0.776. The normalized spacial score (nSPS) is 15.4. The fourth-order valence-corrected chi connectivity index (χ4v) is 2.68. The molecule has 1 amide bonds. The van der Waals surface area contributed by atoms with Crippen molar-refractivity contribution in [3.63, 3.8) is 0 Å². The Morgan fingerprint density at radius 1 is 1.35 bits per heavy atom. The van der Waals surface area contributed by atoms with Gasteiger partial charge in [0.25, 0.3) is 0 Å². The molecule has 1 aliphatic heterocycles. The molecule has 23 heavy (non-hydrogen) atoms. The van der Waals surface area contributed by atoms with E-state index >= 15 is 0 Å². The molecule has 0 spiro atoms. The summed E-state index contributed by atoms with van der Waals surface area (Å²) in [6, 6.07) is 1.40. The van der Waals surface area contributed by atoms with E-state index in [0.29, 0.717) is 32.5 Å². The maximum atomic E-state index is 12.2. The molecule has 1 fully saturated rings. The summed E-state index contributed by atoms with van der Waals surface area (Å²) >= 11 is 0. The van der Waals surface area contributed by atoms with Gasteiger partial charge in [-0.15, -0.1) is 0 Å². The third-order valence-corrected chi connectivity index (χ3v) is 3.94. The highest BCUT2D eigenvalue weighted by Crippen LogP contribution is 2.19. The van der Waals surface area contributed by atoms with Crippen LogP contribution in [0.25, 0.3) is 0 Å². The highest BCUT2D eigenvalue weighted by atomic mass is 16.5. The van der Waals surface area contributed by atoms with E-state index in [1.807, 2.05) is 0 Å². The van der Waals surface area contributed by atoms with Gasteiger partial charge in [-0.25, -0.2) is 4.79 Å². The number of ether oxygens (including phenoxy) is 1. The molecule has 0 saturated carbocycles. The lowest BCUT2D eigenvalue weighted by Gasteiger charge is -2.31. The van der Waals surface area contributed by atoms with Crippen molar-refractivity contribution >= 4 is 17.8 Å². The van der Waals surface area contributed by atoms with E-state index in [-0.39, 0.29) is 36.5 Å². The molecule has 1 aromatic rings. The van der Waals surface area contributed by atoms with Gasteiger partial charge in [-0.2, -0.15) is 5.10 Å². The zero-order valence-electron chi connectivity index (χ0n) is 13.1. The number of hydrogen-bond donors (Lipinski definition) is 1. The van der Waals surface area contributed by atoms with E-state index in [9.17, 15) is 14.4 Å². The number of nitrogens with zero attached hydrogens (tertiary/aromatic N) is 3. The molecular formula is C15H21N3O5. The lowest BCUT2D eigenvalue weighted by molar-refractivity contribution is -0.151. The maximum absolute atomic E-state index is 12.2. The summed E-state index contributed by atoms with van der Waals surface area (Å²) in [5.74, 6) is -1.45. The first-order chi connectivity index (χ1) is 11.0. The van der Waals surface area contributed by atoms with Gasteiger partial charge in [-0.3, -0.25) is 14.3 Å². The number of amides is 1. The number of esters is 1. The topological polar surface area (TPSA) is 102 Å². The summed E-state index contributed by atoms with van der Waals surface area (Å²) in [6.07, 6.45) is 2.80. The third-order valence-electron chi connectivity index (χ3n) is 3.94. The molecule has 1 aliphatic rings. The van der Waals surface area contributed by atoms with Crippen molar-refractivity contribution in [2.75, 3.05) is 19.7 Å². The predicted octanol–water partition coefficient (Wildman–Crippen LogP) is 0.773. The molecule has 0 aliphatic carbocycles. The minimum atomic E-state index is -1.06. The van der Waals surface area contributed by atoms with E-state index in [1.54, 1.807) is 11.8 Å². The second kappa shape index (κ2) is 7.75. The number of rotatable bonds is 6. The molecule has 0 radical (unpaired) electrons. The molecule has 0 aromatic carbocycles. The second-order valence-electron chi connectivity index (χ2n) is 5.40. The Bertz CT molecular complexity index is 575. The van der Waals surface area contributed by atoms with Crippen LogP contribution < -0.4 is 0 Å². The number of piperidine rings is 1. The van der Waals surface area contributed by atoms with Crippen LogP contribution in [0.3, 0.4) is 0 Å². The Labute approximate surface area is 134 Å². The Balaban J connectivity index is 1.80. The maximum Gasteiger partial charge on any atom is 0.354 e. The summed E-state index contributed by atoms with van der Waals surface area (Å²) in [5, 5.41) is 12.9. The van der Waals surface area contributed by atoms with Crippen LogP contribution in [0.4, 0.5) is 0 Å². The van der Waals surface area contributed by atoms with Crippen LogP contribution in [0.5, 0.6) is 0 Å². The first-order valence-corrected chi connectivity index (χ1v) is 7.72. The number of carboxylic acids is 1. The molecule has 1 N–H and O–H groups in total. The third kappa shape index (κ3) is 4.30. The van der Waals surface area contributed by atoms with E-state index in [2.05, 4.69) is 5.10 Å². The summed E-state index contributed by atoms with van der Waals surface area (Å²) in [6.45, 7) is 3.41. The van der Waals surface area contributed by atoms with Gasteiger partial charge in [0.2, 0.25) is 5.91 Å². The average Bonchev–Trinajstić information content (AvgIpc) is 3.02. The van der Waals surface area contributed by atoms with Crippen LogP contribution in [0.2, 0.25) is 0 Å². The molecular weight excluding hydrogens is 302 g/mol.